The number of hydrogen-bond acceptors (Lipinski definition) is 4. The third-order valence-electron chi connectivity index (χ3n) is 4.79. The molecule has 2 heterocycles. The topological polar surface area (TPSA) is 80.6 Å². The average molecular weight is 374 g/mol. The molecule has 3 rings (SSSR count). The largest absolute Gasteiger partial charge is 0.497 e. The van der Waals surface area contributed by atoms with E-state index in [9.17, 15) is 14.7 Å². The second kappa shape index (κ2) is 7.07. The SMILES string of the molecule is COc1ccc(-n2c(C)cc(C(=O)NC3(C(=O)O)CCSC3)c2C)cc1. The van der Waals surface area contributed by atoms with Crippen molar-refractivity contribution in [3.63, 3.8) is 0 Å². The highest BCUT2D eigenvalue weighted by atomic mass is 32.2. The number of rotatable bonds is 5. The second-order valence-electron chi connectivity index (χ2n) is 6.46. The summed E-state index contributed by atoms with van der Waals surface area (Å²) in [7, 11) is 1.61. The zero-order chi connectivity index (χ0) is 18.9. The van der Waals surface area contributed by atoms with Crippen LogP contribution in [-0.4, -0.2) is 45.7 Å². The molecule has 1 amide bonds. The van der Waals surface area contributed by atoms with Crippen molar-refractivity contribution in [2.45, 2.75) is 25.8 Å². The minimum Gasteiger partial charge on any atom is -0.497 e. The lowest BCUT2D eigenvalue weighted by molar-refractivity contribution is -0.143. The molecule has 2 aromatic rings. The lowest BCUT2D eigenvalue weighted by Gasteiger charge is -2.24. The summed E-state index contributed by atoms with van der Waals surface area (Å²) in [6.07, 6.45) is 0.440. The minimum absolute atomic E-state index is 0.345. The molecule has 26 heavy (non-hydrogen) atoms. The minimum atomic E-state index is -1.18. The van der Waals surface area contributed by atoms with Crippen LogP contribution in [0.15, 0.2) is 30.3 Å². The lowest BCUT2D eigenvalue weighted by atomic mass is 9.98. The van der Waals surface area contributed by atoms with E-state index in [4.69, 9.17) is 4.74 Å². The smallest absolute Gasteiger partial charge is 0.330 e. The van der Waals surface area contributed by atoms with Crippen LogP contribution in [0, 0.1) is 13.8 Å². The first kappa shape index (κ1) is 18.4. The van der Waals surface area contributed by atoms with Gasteiger partial charge in [-0.3, -0.25) is 4.79 Å². The van der Waals surface area contributed by atoms with Crippen LogP contribution >= 0.6 is 11.8 Å². The van der Waals surface area contributed by atoms with Gasteiger partial charge in [0.15, 0.2) is 0 Å². The first-order chi connectivity index (χ1) is 12.4. The number of amides is 1. The summed E-state index contributed by atoms with van der Waals surface area (Å²) in [6.45, 7) is 3.79. The zero-order valence-electron chi connectivity index (χ0n) is 15.0. The fraction of sp³-hybridized carbons (Fsp3) is 0.368. The Morgan fingerprint density at radius 1 is 1.27 bits per heavy atom. The van der Waals surface area contributed by atoms with E-state index in [0.717, 1.165) is 28.6 Å². The Morgan fingerprint density at radius 2 is 1.96 bits per heavy atom. The average Bonchev–Trinajstić information content (AvgIpc) is 3.20. The summed E-state index contributed by atoms with van der Waals surface area (Å²) in [5, 5.41) is 12.3. The van der Waals surface area contributed by atoms with Crippen LogP contribution in [0.1, 0.15) is 28.2 Å². The first-order valence-electron chi connectivity index (χ1n) is 8.35. The number of aryl methyl sites for hydroxylation is 1. The van der Waals surface area contributed by atoms with Gasteiger partial charge in [-0.25, -0.2) is 4.79 Å². The molecule has 1 aromatic heterocycles. The van der Waals surface area contributed by atoms with Crippen LogP contribution in [0.4, 0.5) is 0 Å². The Hall–Kier alpha value is -2.41. The molecule has 0 spiro atoms. The van der Waals surface area contributed by atoms with Crippen LogP contribution < -0.4 is 10.1 Å². The van der Waals surface area contributed by atoms with Crippen molar-refractivity contribution < 1.29 is 19.4 Å². The normalized spacial score (nSPS) is 19.3. The molecule has 7 heteroatoms. The molecule has 1 fully saturated rings. The maximum atomic E-state index is 12.8. The summed E-state index contributed by atoms with van der Waals surface area (Å²) in [6, 6.07) is 9.37. The molecular formula is C19H22N2O4S. The van der Waals surface area contributed by atoms with E-state index in [1.54, 1.807) is 24.9 Å². The lowest BCUT2D eigenvalue weighted by Crippen LogP contribution is -2.54. The Bertz CT molecular complexity index is 836. The number of carbonyl (C=O) groups is 2. The first-order valence-corrected chi connectivity index (χ1v) is 9.50. The van der Waals surface area contributed by atoms with Crippen molar-refractivity contribution in [3.05, 3.63) is 47.3 Å². The van der Waals surface area contributed by atoms with Crippen molar-refractivity contribution >= 4 is 23.6 Å². The fourth-order valence-corrected chi connectivity index (χ4v) is 4.62. The van der Waals surface area contributed by atoms with Crippen LogP contribution in [0.2, 0.25) is 0 Å². The van der Waals surface area contributed by atoms with Crippen molar-refractivity contribution in [2.75, 3.05) is 18.6 Å². The second-order valence-corrected chi connectivity index (χ2v) is 7.57. The van der Waals surface area contributed by atoms with Gasteiger partial charge in [-0.05, 0) is 56.4 Å². The summed E-state index contributed by atoms with van der Waals surface area (Å²) in [5.41, 5.74) is 1.92. The molecule has 6 nitrogen and oxygen atoms in total. The number of carboxylic acid groups (broad SMARTS) is 1. The maximum Gasteiger partial charge on any atom is 0.330 e. The molecular weight excluding hydrogens is 352 g/mol. The van der Waals surface area contributed by atoms with Crippen molar-refractivity contribution in [1.82, 2.24) is 9.88 Å². The third-order valence-corrected chi connectivity index (χ3v) is 5.98. The maximum absolute atomic E-state index is 12.8. The number of ether oxygens (including phenoxy) is 1. The molecule has 0 radical (unpaired) electrons. The molecule has 1 aliphatic rings. The van der Waals surface area contributed by atoms with Gasteiger partial charge in [0.2, 0.25) is 0 Å². The zero-order valence-corrected chi connectivity index (χ0v) is 15.9. The number of benzene rings is 1. The number of nitrogens with zero attached hydrogens (tertiary/aromatic N) is 1. The van der Waals surface area contributed by atoms with Gasteiger partial charge in [-0.1, -0.05) is 0 Å². The van der Waals surface area contributed by atoms with Crippen LogP contribution in [0.25, 0.3) is 5.69 Å². The molecule has 1 saturated heterocycles. The van der Waals surface area contributed by atoms with Crippen molar-refractivity contribution in [1.29, 1.82) is 0 Å². The van der Waals surface area contributed by atoms with Gasteiger partial charge < -0.3 is 19.7 Å². The summed E-state index contributed by atoms with van der Waals surface area (Å²) in [4.78, 5) is 24.5. The monoisotopic (exact) mass is 374 g/mol. The molecule has 1 unspecified atom stereocenters. The number of carbonyl (C=O) groups excluding carboxylic acids is 1. The summed E-state index contributed by atoms with van der Waals surface area (Å²) >= 11 is 1.55. The molecule has 138 valence electrons. The number of thioether (sulfide) groups is 1. The van der Waals surface area contributed by atoms with Gasteiger partial charge >= 0.3 is 5.97 Å². The fourth-order valence-electron chi connectivity index (χ4n) is 3.29. The highest BCUT2D eigenvalue weighted by Gasteiger charge is 2.43. The van der Waals surface area contributed by atoms with E-state index in [1.165, 1.54) is 0 Å². The highest BCUT2D eigenvalue weighted by molar-refractivity contribution is 7.99. The predicted octanol–water partition coefficient (Wildman–Crippen LogP) is 2.79. The number of methoxy groups -OCH3 is 1. The molecule has 1 aliphatic heterocycles. The Kier molecular flexibility index (Phi) is 5.00. The quantitative estimate of drug-likeness (QED) is 0.841. The molecule has 0 saturated carbocycles. The predicted molar refractivity (Wildman–Crippen MR) is 102 cm³/mol. The van der Waals surface area contributed by atoms with E-state index in [-0.39, 0.29) is 5.91 Å². The van der Waals surface area contributed by atoms with E-state index in [2.05, 4.69) is 5.32 Å². The highest BCUT2D eigenvalue weighted by Crippen LogP contribution is 2.29. The van der Waals surface area contributed by atoms with Gasteiger partial charge in [0, 0.05) is 22.8 Å². The molecule has 1 aromatic carbocycles. The number of aliphatic carboxylic acids is 1. The third kappa shape index (κ3) is 3.19. The Balaban J connectivity index is 1.91. The molecule has 0 bridgehead atoms. The number of carboxylic acids is 1. The molecule has 0 aliphatic carbocycles. The molecule has 2 N–H and O–H groups in total. The van der Waals surface area contributed by atoms with E-state index in [1.807, 2.05) is 42.7 Å². The number of hydrogen-bond donors (Lipinski definition) is 2. The van der Waals surface area contributed by atoms with Crippen LogP contribution in [-0.2, 0) is 4.79 Å². The molecule has 1 atom stereocenters. The number of aromatic nitrogens is 1. The standard InChI is InChI=1S/C19H22N2O4S/c1-12-10-16(17(22)20-19(18(23)24)8-9-26-11-19)13(2)21(12)14-4-6-15(25-3)7-5-14/h4-7,10H,8-9,11H2,1-3H3,(H,20,22)(H,23,24). The van der Waals surface area contributed by atoms with E-state index >= 15 is 0 Å². The summed E-state index contributed by atoms with van der Waals surface area (Å²) < 4.78 is 7.16. The van der Waals surface area contributed by atoms with Gasteiger partial charge in [0.25, 0.3) is 5.91 Å². The van der Waals surface area contributed by atoms with Crippen molar-refractivity contribution in [3.8, 4) is 11.4 Å². The van der Waals surface area contributed by atoms with Crippen LogP contribution in [0.5, 0.6) is 5.75 Å². The Labute approximate surface area is 156 Å². The Morgan fingerprint density at radius 3 is 2.50 bits per heavy atom. The van der Waals surface area contributed by atoms with E-state index in [0.29, 0.717) is 17.7 Å². The van der Waals surface area contributed by atoms with Gasteiger partial charge in [-0.15, -0.1) is 0 Å². The summed E-state index contributed by atoms with van der Waals surface area (Å²) in [5.74, 6) is 0.571. The van der Waals surface area contributed by atoms with E-state index < -0.39 is 11.5 Å². The van der Waals surface area contributed by atoms with Crippen LogP contribution in [0.3, 0.4) is 0 Å². The van der Waals surface area contributed by atoms with Gasteiger partial charge in [0.05, 0.1) is 12.7 Å². The van der Waals surface area contributed by atoms with Gasteiger partial charge in [0.1, 0.15) is 11.3 Å². The van der Waals surface area contributed by atoms with Gasteiger partial charge in [-0.2, -0.15) is 11.8 Å². The van der Waals surface area contributed by atoms with Crippen molar-refractivity contribution in [2.24, 2.45) is 0 Å². The number of nitrogens with one attached hydrogen (secondary N) is 1.